The standard InChI is InChI=1S/C20H29N2O5P/c1-7-18(22-20-15(5)13(3)9-10-21-20)28(24,26-8-2)27-16-11-14(4)19(23)17(12-16)25-6/h9-12,18,23H,7-8H2,1-6H3,(H,21,22). The minimum atomic E-state index is -3.61. The minimum absolute atomic E-state index is 0.0193. The number of aromatic nitrogens is 1. The van der Waals surface area contributed by atoms with Gasteiger partial charge in [0.25, 0.3) is 0 Å². The fourth-order valence-electron chi connectivity index (χ4n) is 2.77. The molecule has 2 atom stereocenters. The van der Waals surface area contributed by atoms with Crippen LogP contribution in [0.1, 0.15) is 37.0 Å². The molecule has 1 aromatic carbocycles. The molecular formula is C20H29N2O5P. The number of nitrogens with zero attached hydrogens (tertiary/aromatic N) is 1. The first-order valence-electron chi connectivity index (χ1n) is 9.25. The van der Waals surface area contributed by atoms with Gasteiger partial charge in [0.15, 0.2) is 11.5 Å². The third kappa shape index (κ3) is 4.78. The predicted molar refractivity (Wildman–Crippen MR) is 111 cm³/mol. The summed E-state index contributed by atoms with van der Waals surface area (Å²) in [7, 11) is -2.16. The molecule has 0 aliphatic heterocycles. The fraction of sp³-hybridized carbons (Fsp3) is 0.450. The van der Waals surface area contributed by atoms with E-state index < -0.39 is 13.4 Å². The topological polar surface area (TPSA) is 89.9 Å². The van der Waals surface area contributed by atoms with Gasteiger partial charge in [-0.25, -0.2) is 9.55 Å². The summed E-state index contributed by atoms with van der Waals surface area (Å²) in [6.45, 7) is 9.56. The van der Waals surface area contributed by atoms with Crippen LogP contribution in [0.25, 0.3) is 0 Å². The Bertz CT molecular complexity index is 872. The van der Waals surface area contributed by atoms with Gasteiger partial charge in [0.05, 0.1) is 13.7 Å². The van der Waals surface area contributed by atoms with Gasteiger partial charge in [0.2, 0.25) is 0 Å². The second kappa shape index (κ2) is 9.30. The van der Waals surface area contributed by atoms with Crippen molar-refractivity contribution in [1.29, 1.82) is 0 Å². The van der Waals surface area contributed by atoms with Crippen LogP contribution in [0.2, 0.25) is 0 Å². The second-order valence-electron chi connectivity index (χ2n) is 6.51. The average molecular weight is 408 g/mol. The van der Waals surface area contributed by atoms with Gasteiger partial charge >= 0.3 is 7.60 Å². The molecule has 0 radical (unpaired) electrons. The van der Waals surface area contributed by atoms with E-state index in [4.69, 9.17) is 13.8 Å². The second-order valence-corrected chi connectivity index (χ2v) is 8.65. The summed E-state index contributed by atoms with van der Waals surface area (Å²) in [5, 5.41) is 13.3. The molecule has 1 aromatic heterocycles. The first-order chi connectivity index (χ1) is 13.3. The highest BCUT2D eigenvalue weighted by molar-refractivity contribution is 7.55. The third-order valence-corrected chi connectivity index (χ3v) is 6.89. The van der Waals surface area contributed by atoms with E-state index >= 15 is 0 Å². The summed E-state index contributed by atoms with van der Waals surface area (Å²) in [5.41, 5.74) is 2.61. The van der Waals surface area contributed by atoms with Crippen molar-refractivity contribution in [3.05, 3.63) is 41.1 Å². The summed E-state index contributed by atoms with van der Waals surface area (Å²) in [6, 6.07) is 5.02. The number of rotatable bonds is 9. The van der Waals surface area contributed by atoms with Gasteiger partial charge in [-0.2, -0.15) is 0 Å². The summed E-state index contributed by atoms with van der Waals surface area (Å²) in [6.07, 6.45) is 2.21. The Morgan fingerprint density at radius 3 is 2.54 bits per heavy atom. The molecule has 0 amide bonds. The maximum atomic E-state index is 13.7. The highest BCUT2D eigenvalue weighted by atomic mass is 31.2. The van der Waals surface area contributed by atoms with Gasteiger partial charge in [-0.1, -0.05) is 6.92 Å². The lowest BCUT2D eigenvalue weighted by atomic mass is 10.1. The van der Waals surface area contributed by atoms with Crippen molar-refractivity contribution in [3.63, 3.8) is 0 Å². The Hall–Kier alpha value is -2.24. The van der Waals surface area contributed by atoms with E-state index in [2.05, 4.69) is 10.3 Å². The maximum absolute atomic E-state index is 13.7. The van der Waals surface area contributed by atoms with Crippen LogP contribution in [0.3, 0.4) is 0 Å². The van der Waals surface area contributed by atoms with E-state index in [1.807, 2.05) is 26.8 Å². The van der Waals surface area contributed by atoms with Crippen molar-refractivity contribution < 1.29 is 23.5 Å². The number of hydrogen-bond donors (Lipinski definition) is 2. The van der Waals surface area contributed by atoms with E-state index in [9.17, 15) is 9.67 Å². The van der Waals surface area contributed by atoms with Gasteiger partial charge in [-0.3, -0.25) is 4.52 Å². The largest absolute Gasteiger partial charge is 0.504 e. The van der Waals surface area contributed by atoms with E-state index in [1.165, 1.54) is 13.2 Å². The molecule has 0 saturated carbocycles. The van der Waals surface area contributed by atoms with Crippen LogP contribution >= 0.6 is 7.60 Å². The quantitative estimate of drug-likeness (QED) is 0.553. The molecule has 1 heterocycles. The molecule has 8 heteroatoms. The van der Waals surface area contributed by atoms with Crippen LogP contribution in [0, 0.1) is 20.8 Å². The molecule has 2 unspecified atom stereocenters. The van der Waals surface area contributed by atoms with Crippen molar-refractivity contribution in [2.24, 2.45) is 0 Å². The predicted octanol–water partition coefficient (Wildman–Crippen LogP) is 5.18. The van der Waals surface area contributed by atoms with E-state index in [0.717, 1.165) is 11.1 Å². The first-order valence-corrected chi connectivity index (χ1v) is 10.9. The molecule has 28 heavy (non-hydrogen) atoms. The summed E-state index contributed by atoms with van der Waals surface area (Å²) in [4.78, 5) is 4.36. The SMILES string of the molecule is CCOP(=O)(Oc1cc(C)c(O)c(OC)c1)C(CC)Nc1nccc(C)c1C. The lowest BCUT2D eigenvalue weighted by Gasteiger charge is -2.28. The number of aryl methyl sites for hydroxylation is 2. The zero-order valence-corrected chi connectivity index (χ0v) is 18.2. The molecule has 0 fully saturated rings. The van der Waals surface area contributed by atoms with E-state index in [0.29, 0.717) is 23.6 Å². The van der Waals surface area contributed by atoms with Gasteiger partial charge in [0.1, 0.15) is 17.4 Å². The van der Waals surface area contributed by atoms with Gasteiger partial charge in [0, 0.05) is 12.3 Å². The van der Waals surface area contributed by atoms with Crippen LogP contribution in [0.5, 0.6) is 17.2 Å². The number of pyridine rings is 1. The number of aromatic hydroxyl groups is 1. The number of phenolic OH excluding ortho intramolecular Hbond substituents is 1. The molecule has 154 valence electrons. The zero-order valence-electron chi connectivity index (χ0n) is 17.3. The summed E-state index contributed by atoms with van der Waals surface area (Å²) < 4.78 is 30.3. The van der Waals surface area contributed by atoms with Gasteiger partial charge in [-0.05, 0) is 62.9 Å². The number of hydrogen-bond acceptors (Lipinski definition) is 7. The molecule has 0 aliphatic carbocycles. The molecule has 7 nitrogen and oxygen atoms in total. The zero-order chi connectivity index (χ0) is 20.9. The molecule has 2 aromatic rings. The van der Waals surface area contributed by atoms with Crippen molar-refractivity contribution in [1.82, 2.24) is 4.98 Å². The van der Waals surface area contributed by atoms with Crippen LogP contribution in [-0.2, 0) is 9.09 Å². The molecule has 0 spiro atoms. The number of methoxy groups -OCH3 is 1. The highest BCUT2D eigenvalue weighted by Gasteiger charge is 2.37. The lowest BCUT2D eigenvalue weighted by Crippen LogP contribution is -2.24. The number of ether oxygens (including phenoxy) is 1. The Labute approximate surface area is 166 Å². The maximum Gasteiger partial charge on any atom is 0.401 e. The monoisotopic (exact) mass is 408 g/mol. The van der Waals surface area contributed by atoms with Crippen LogP contribution in [0.15, 0.2) is 24.4 Å². The Morgan fingerprint density at radius 1 is 1.21 bits per heavy atom. The first kappa shape index (κ1) is 22.1. The smallest absolute Gasteiger partial charge is 0.401 e. The average Bonchev–Trinajstić information content (AvgIpc) is 2.65. The molecule has 0 saturated heterocycles. The lowest BCUT2D eigenvalue weighted by molar-refractivity contribution is 0.270. The van der Waals surface area contributed by atoms with Crippen LogP contribution in [0.4, 0.5) is 5.82 Å². The van der Waals surface area contributed by atoms with E-state index in [-0.39, 0.29) is 18.1 Å². The minimum Gasteiger partial charge on any atom is -0.504 e. The van der Waals surface area contributed by atoms with Gasteiger partial charge < -0.3 is 19.7 Å². The van der Waals surface area contributed by atoms with Crippen molar-refractivity contribution >= 4 is 13.4 Å². The van der Waals surface area contributed by atoms with Crippen molar-refractivity contribution in [2.45, 2.75) is 46.8 Å². The fourth-order valence-corrected chi connectivity index (χ4v) is 4.62. The van der Waals surface area contributed by atoms with Crippen molar-refractivity contribution in [3.8, 4) is 17.2 Å². The molecule has 0 bridgehead atoms. The molecule has 0 aliphatic rings. The number of benzene rings is 1. The number of nitrogens with one attached hydrogen (secondary N) is 1. The highest BCUT2D eigenvalue weighted by Crippen LogP contribution is 2.55. The normalized spacial score (nSPS) is 14.2. The summed E-state index contributed by atoms with van der Waals surface area (Å²) in [5.74, 6) is 0.620. The van der Waals surface area contributed by atoms with Crippen molar-refractivity contribution in [2.75, 3.05) is 19.0 Å². The third-order valence-electron chi connectivity index (χ3n) is 4.55. The molecular weight excluding hydrogens is 379 g/mol. The van der Waals surface area contributed by atoms with Crippen LogP contribution < -0.4 is 14.6 Å². The number of anilines is 1. The Balaban J connectivity index is 2.38. The van der Waals surface area contributed by atoms with Gasteiger partial charge in [-0.15, -0.1) is 0 Å². The molecule has 2 N–H and O–H groups in total. The summed E-state index contributed by atoms with van der Waals surface area (Å²) >= 11 is 0. The van der Waals surface area contributed by atoms with Crippen LogP contribution in [-0.4, -0.2) is 29.6 Å². The van der Waals surface area contributed by atoms with E-state index in [1.54, 1.807) is 26.1 Å². The molecule has 2 rings (SSSR count). The Kier molecular flexibility index (Phi) is 7.33. The Morgan fingerprint density at radius 2 is 1.93 bits per heavy atom. The number of phenols is 1.